The fraction of sp³-hybridized carbons (Fsp3) is 0.857. The van der Waals surface area contributed by atoms with Crippen LogP contribution in [0.5, 0.6) is 0 Å². The number of hydrogen-bond acceptors (Lipinski definition) is 0. The van der Waals surface area contributed by atoms with E-state index in [0.29, 0.717) is 0 Å². The molecule has 0 saturated heterocycles. The van der Waals surface area contributed by atoms with Crippen LogP contribution >= 0.6 is 0 Å². The minimum absolute atomic E-state index is 0.905. The molecule has 0 radical (unpaired) electrons. The van der Waals surface area contributed by atoms with E-state index < -0.39 is 8.07 Å². The molecular formula is C14H30Si. The highest BCUT2D eigenvalue weighted by molar-refractivity contribution is 6.83. The summed E-state index contributed by atoms with van der Waals surface area (Å²) in [5.41, 5.74) is 2.71. The molecule has 90 valence electrons. The van der Waals surface area contributed by atoms with E-state index in [0.717, 1.165) is 16.6 Å². The normalized spacial score (nSPS) is 12.9. The standard InChI is InChI=1S/C14H30Si/c1-8-9-10-11-15(12(2)3,13(4)5)14(6)7/h8,12-14H,1,9-11H2,2-7H3. The molecular weight excluding hydrogens is 196 g/mol. The van der Waals surface area contributed by atoms with Gasteiger partial charge in [-0.1, -0.05) is 76.7 Å². The lowest BCUT2D eigenvalue weighted by atomic mass is 10.3. The summed E-state index contributed by atoms with van der Waals surface area (Å²) in [6.45, 7) is 18.5. The van der Waals surface area contributed by atoms with Gasteiger partial charge in [0.05, 0.1) is 8.07 Å². The molecule has 0 bridgehead atoms. The van der Waals surface area contributed by atoms with Crippen LogP contribution < -0.4 is 0 Å². The Morgan fingerprint density at radius 3 is 1.60 bits per heavy atom. The molecule has 0 N–H and O–H groups in total. The maximum Gasteiger partial charge on any atom is 0.0612 e. The van der Waals surface area contributed by atoms with Crippen LogP contribution in [0, 0.1) is 0 Å². The second-order valence-corrected chi connectivity index (χ2v) is 11.9. The molecule has 0 unspecified atom stereocenters. The van der Waals surface area contributed by atoms with Gasteiger partial charge in [-0.15, -0.1) is 6.58 Å². The van der Waals surface area contributed by atoms with Crippen molar-refractivity contribution in [2.24, 2.45) is 0 Å². The van der Waals surface area contributed by atoms with E-state index in [2.05, 4.69) is 54.2 Å². The first kappa shape index (κ1) is 15.0. The molecule has 0 saturated carbocycles. The first-order valence-corrected chi connectivity index (χ1v) is 8.94. The second-order valence-electron chi connectivity index (χ2n) is 5.76. The molecule has 0 spiro atoms. The van der Waals surface area contributed by atoms with E-state index in [1.54, 1.807) is 0 Å². The minimum atomic E-state index is -1.11. The van der Waals surface area contributed by atoms with Crippen LogP contribution in [-0.2, 0) is 0 Å². The van der Waals surface area contributed by atoms with Crippen LogP contribution in [0.1, 0.15) is 54.4 Å². The van der Waals surface area contributed by atoms with Crippen molar-refractivity contribution in [2.45, 2.75) is 77.1 Å². The van der Waals surface area contributed by atoms with Crippen molar-refractivity contribution in [2.75, 3.05) is 0 Å². The molecule has 0 aromatic rings. The summed E-state index contributed by atoms with van der Waals surface area (Å²) in [7, 11) is -1.11. The van der Waals surface area contributed by atoms with Crippen LogP contribution in [0.25, 0.3) is 0 Å². The molecule has 0 aliphatic heterocycles. The molecule has 0 nitrogen and oxygen atoms in total. The van der Waals surface area contributed by atoms with Gasteiger partial charge in [-0.2, -0.15) is 0 Å². The predicted octanol–water partition coefficient (Wildman–Crippen LogP) is 5.63. The van der Waals surface area contributed by atoms with E-state index in [-0.39, 0.29) is 0 Å². The summed E-state index contributed by atoms with van der Waals surface area (Å²) in [5.74, 6) is 0. The van der Waals surface area contributed by atoms with Crippen LogP contribution in [0.3, 0.4) is 0 Å². The molecule has 0 fully saturated rings. The fourth-order valence-corrected chi connectivity index (χ4v) is 9.97. The summed E-state index contributed by atoms with van der Waals surface area (Å²) in [6, 6.07) is 1.48. The number of allylic oxidation sites excluding steroid dienone is 1. The van der Waals surface area contributed by atoms with Crippen molar-refractivity contribution in [3.8, 4) is 0 Å². The topological polar surface area (TPSA) is 0 Å². The zero-order valence-electron chi connectivity index (χ0n) is 11.6. The van der Waals surface area contributed by atoms with Crippen molar-refractivity contribution < 1.29 is 0 Å². The van der Waals surface area contributed by atoms with Gasteiger partial charge in [0.2, 0.25) is 0 Å². The van der Waals surface area contributed by atoms with Gasteiger partial charge in [0.1, 0.15) is 0 Å². The van der Waals surface area contributed by atoms with Gasteiger partial charge in [-0.25, -0.2) is 0 Å². The maximum atomic E-state index is 3.83. The van der Waals surface area contributed by atoms with Crippen molar-refractivity contribution in [1.82, 2.24) is 0 Å². The Balaban J connectivity index is 4.72. The first-order valence-electron chi connectivity index (χ1n) is 6.50. The third-order valence-electron chi connectivity index (χ3n) is 4.24. The van der Waals surface area contributed by atoms with Crippen LogP contribution in [-0.4, -0.2) is 8.07 Å². The van der Waals surface area contributed by atoms with E-state index >= 15 is 0 Å². The maximum absolute atomic E-state index is 3.83. The Kier molecular flexibility index (Phi) is 6.50. The molecule has 1 heteroatoms. The third-order valence-corrected chi connectivity index (χ3v) is 11.9. The Morgan fingerprint density at radius 1 is 0.933 bits per heavy atom. The fourth-order valence-electron chi connectivity index (χ4n) is 3.42. The molecule has 0 aromatic carbocycles. The Bertz CT molecular complexity index is 158. The van der Waals surface area contributed by atoms with Gasteiger partial charge in [0.15, 0.2) is 0 Å². The Morgan fingerprint density at radius 2 is 1.33 bits per heavy atom. The van der Waals surface area contributed by atoms with Gasteiger partial charge in [-0.3, -0.25) is 0 Å². The summed E-state index contributed by atoms with van der Waals surface area (Å²) in [4.78, 5) is 0. The highest BCUT2D eigenvalue weighted by atomic mass is 28.3. The van der Waals surface area contributed by atoms with E-state index in [4.69, 9.17) is 0 Å². The SMILES string of the molecule is C=CCCC[Si](C(C)C)(C(C)C)C(C)C. The van der Waals surface area contributed by atoms with Crippen LogP contribution in [0.4, 0.5) is 0 Å². The third kappa shape index (κ3) is 3.48. The minimum Gasteiger partial charge on any atom is -0.103 e. The van der Waals surface area contributed by atoms with Gasteiger partial charge < -0.3 is 0 Å². The number of hydrogen-bond donors (Lipinski definition) is 0. The van der Waals surface area contributed by atoms with Gasteiger partial charge >= 0.3 is 0 Å². The lowest BCUT2D eigenvalue weighted by Gasteiger charge is -2.43. The first-order chi connectivity index (χ1) is 6.89. The number of unbranched alkanes of at least 4 members (excludes halogenated alkanes) is 1. The summed E-state index contributed by atoms with van der Waals surface area (Å²) in [5, 5.41) is 0. The highest BCUT2D eigenvalue weighted by Gasteiger charge is 2.41. The Labute approximate surface area is 98.2 Å². The quantitative estimate of drug-likeness (QED) is 0.300. The zero-order chi connectivity index (χ0) is 12.1. The van der Waals surface area contributed by atoms with Crippen molar-refractivity contribution in [3.05, 3.63) is 12.7 Å². The van der Waals surface area contributed by atoms with Gasteiger partial charge in [0, 0.05) is 0 Å². The molecule has 0 aliphatic rings. The molecule has 0 aliphatic carbocycles. The summed E-state index contributed by atoms with van der Waals surface area (Å²) >= 11 is 0. The van der Waals surface area contributed by atoms with Crippen molar-refractivity contribution in [1.29, 1.82) is 0 Å². The molecule has 0 amide bonds. The summed E-state index contributed by atoms with van der Waals surface area (Å²) < 4.78 is 0. The average Bonchev–Trinajstić information content (AvgIpc) is 2.10. The second kappa shape index (κ2) is 6.52. The lowest BCUT2D eigenvalue weighted by Crippen LogP contribution is -2.44. The van der Waals surface area contributed by atoms with Gasteiger partial charge in [0.25, 0.3) is 0 Å². The summed E-state index contributed by atoms with van der Waals surface area (Å²) in [6.07, 6.45) is 4.62. The van der Waals surface area contributed by atoms with E-state index in [1.807, 2.05) is 0 Å². The highest BCUT2D eigenvalue weighted by Crippen LogP contribution is 2.45. The predicted molar refractivity (Wildman–Crippen MR) is 75.3 cm³/mol. The van der Waals surface area contributed by atoms with Gasteiger partial charge in [-0.05, 0) is 6.42 Å². The van der Waals surface area contributed by atoms with E-state index in [1.165, 1.54) is 18.9 Å². The molecule has 0 rings (SSSR count). The average molecular weight is 226 g/mol. The molecule has 0 heterocycles. The lowest BCUT2D eigenvalue weighted by molar-refractivity contribution is 0.770. The molecule has 0 atom stereocenters. The molecule has 0 aromatic heterocycles. The smallest absolute Gasteiger partial charge is 0.0612 e. The zero-order valence-corrected chi connectivity index (χ0v) is 12.6. The van der Waals surface area contributed by atoms with Crippen molar-refractivity contribution in [3.63, 3.8) is 0 Å². The largest absolute Gasteiger partial charge is 0.103 e. The van der Waals surface area contributed by atoms with E-state index in [9.17, 15) is 0 Å². The van der Waals surface area contributed by atoms with Crippen molar-refractivity contribution >= 4 is 8.07 Å². The Hall–Kier alpha value is -0.0431. The van der Waals surface area contributed by atoms with Crippen LogP contribution in [0.15, 0.2) is 12.7 Å². The number of rotatable bonds is 7. The monoisotopic (exact) mass is 226 g/mol. The molecule has 15 heavy (non-hydrogen) atoms. The van der Waals surface area contributed by atoms with Crippen LogP contribution in [0.2, 0.25) is 22.7 Å².